The lowest BCUT2D eigenvalue weighted by atomic mass is 10.0. The monoisotopic (exact) mass is 410 g/mol. The van der Waals surface area contributed by atoms with E-state index in [-0.39, 0.29) is 24.4 Å². The predicted molar refractivity (Wildman–Crippen MR) is 119 cm³/mol. The fourth-order valence-electron chi connectivity index (χ4n) is 3.59. The van der Waals surface area contributed by atoms with Crippen LogP contribution < -0.4 is 10.6 Å². The summed E-state index contributed by atoms with van der Waals surface area (Å²) in [6.07, 6.45) is 4.74. The Morgan fingerprint density at radius 1 is 1.10 bits per heavy atom. The Labute approximate surface area is 177 Å². The van der Waals surface area contributed by atoms with Crippen molar-refractivity contribution in [2.45, 2.75) is 32.2 Å². The molecule has 0 saturated carbocycles. The Kier molecular flexibility index (Phi) is 7.07. The second kappa shape index (κ2) is 9.72. The Morgan fingerprint density at radius 3 is 2.45 bits per heavy atom. The number of carbonyl (C=O) groups is 1. The molecular weight excluding hydrogens is 384 g/mol. The number of hydrogen-bond acceptors (Lipinski definition) is 3. The molecule has 2 aromatic carbocycles. The minimum Gasteiger partial charge on any atom is -0.349 e. The highest BCUT2D eigenvalue weighted by Gasteiger charge is 2.22. The zero-order valence-electron chi connectivity index (χ0n) is 16.6. The highest BCUT2D eigenvalue weighted by molar-refractivity contribution is 6.00. The van der Waals surface area contributed by atoms with E-state index in [2.05, 4.69) is 41.8 Å². The molecule has 0 atom stereocenters. The number of piperidine rings is 1. The molecule has 6 heteroatoms. The summed E-state index contributed by atoms with van der Waals surface area (Å²) in [6, 6.07) is 18.4. The first kappa shape index (κ1) is 21.1. The molecular formula is C23H27ClN4O. The van der Waals surface area contributed by atoms with E-state index in [1.807, 2.05) is 36.5 Å². The molecule has 0 radical (unpaired) electrons. The van der Waals surface area contributed by atoms with Crippen LogP contribution in [-0.2, 0) is 6.42 Å². The van der Waals surface area contributed by atoms with Crippen LogP contribution in [-0.4, -0.2) is 34.8 Å². The zero-order chi connectivity index (χ0) is 19.3. The Balaban J connectivity index is 0.00000240. The molecule has 1 aliphatic rings. The van der Waals surface area contributed by atoms with Gasteiger partial charge in [-0.05, 0) is 50.0 Å². The predicted octanol–water partition coefficient (Wildman–Crippen LogP) is 4.01. The van der Waals surface area contributed by atoms with Gasteiger partial charge in [0, 0.05) is 17.8 Å². The number of halogens is 1. The van der Waals surface area contributed by atoms with Crippen molar-refractivity contribution in [1.29, 1.82) is 0 Å². The van der Waals surface area contributed by atoms with Gasteiger partial charge in [-0.1, -0.05) is 49.4 Å². The third-order valence-electron chi connectivity index (χ3n) is 5.29. The Bertz CT molecular complexity index is 931. The lowest BCUT2D eigenvalue weighted by Crippen LogP contribution is -2.42. The number of aryl methyl sites for hydroxylation is 1. The van der Waals surface area contributed by atoms with Crippen molar-refractivity contribution < 1.29 is 4.79 Å². The number of hydrogen-bond donors (Lipinski definition) is 2. The number of para-hydroxylation sites is 1. The van der Waals surface area contributed by atoms with Crippen LogP contribution in [0.5, 0.6) is 0 Å². The van der Waals surface area contributed by atoms with Gasteiger partial charge in [-0.15, -0.1) is 12.4 Å². The number of aromatic nitrogens is 2. The van der Waals surface area contributed by atoms with Gasteiger partial charge in [0.05, 0.1) is 11.3 Å². The standard InChI is InChI=1S/C23H26N4O.ClH/c1-2-17-8-10-18(11-9-17)22-21(23(28)25-19-12-14-24-15-13-19)16-27(26-22)20-6-4-3-5-7-20;/h3-11,16,19,24H,2,12-15H2,1H3,(H,25,28);1H. The summed E-state index contributed by atoms with van der Waals surface area (Å²) in [4.78, 5) is 13.1. The van der Waals surface area contributed by atoms with Crippen LogP contribution in [0.15, 0.2) is 60.8 Å². The van der Waals surface area contributed by atoms with Crippen LogP contribution >= 0.6 is 12.4 Å². The molecule has 0 unspecified atom stereocenters. The Hall–Kier alpha value is -2.63. The molecule has 5 nitrogen and oxygen atoms in total. The van der Waals surface area contributed by atoms with Gasteiger partial charge in [-0.2, -0.15) is 5.10 Å². The van der Waals surface area contributed by atoms with Crippen molar-refractivity contribution in [3.63, 3.8) is 0 Å². The zero-order valence-corrected chi connectivity index (χ0v) is 17.4. The molecule has 3 aromatic rings. The number of carbonyl (C=O) groups excluding carboxylic acids is 1. The molecule has 4 rings (SSSR count). The van der Waals surface area contributed by atoms with Gasteiger partial charge in [0.25, 0.3) is 5.91 Å². The molecule has 1 fully saturated rings. The molecule has 152 valence electrons. The molecule has 29 heavy (non-hydrogen) atoms. The molecule has 1 aliphatic heterocycles. The van der Waals surface area contributed by atoms with Gasteiger partial charge in [-0.25, -0.2) is 4.68 Å². The van der Waals surface area contributed by atoms with Crippen molar-refractivity contribution in [1.82, 2.24) is 20.4 Å². The summed E-state index contributed by atoms with van der Waals surface area (Å²) in [5.41, 5.74) is 4.51. The summed E-state index contributed by atoms with van der Waals surface area (Å²) in [6.45, 7) is 4.02. The summed E-state index contributed by atoms with van der Waals surface area (Å²) >= 11 is 0. The highest BCUT2D eigenvalue weighted by Crippen LogP contribution is 2.25. The van der Waals surface area contributed by atoms with E-state index in [0.29, 0.717) is 5.56 Å². The second-order valence-corrected chi connectivity index (χ2v) is 7.22. The maximum absolute atomic E-state index is 13.1. The fraction of sp³-hybridized carbons (Fsp3) is 0.304. The maximum atomic E-state index is 13.1. The number of amides is 1. The number of rotatable bonds is 5. The first-order chi connectivity index (χ1) is 13.7. The van der Waals surface area contributed by atoms with Crippen LogP contribution in [0, 0.1) is 0 Å². The van der Waals surface area contributed by atoms with Gasteiger partial charge in [0.15, 0.2) is 0 Å². The molecule has 2 heterocycles. The lowest BCUT2D eigenvalue weighted by Gasteiger charge is -2.23. The molecule has 0 bridgehead atoms. The van der Waals surface area contributed by atoms with Crippen LogP contribution in [0.25, 0.3) is 16.9 Å². The van der Waals surface area contributed by atoms with E-state index >= 15 is 0 Å². The number of nitrogens with zero attached hydrogens (tertiary/aromatic N) is 2. The van der Waals surface area contributed by atoms with Crippen molar-refractivity contribution in [2.75, 3.05) is 13.1 Å². The lowest BCUT2D eigenvalue weighted by molar-refractivity contribution is 0.0930. The SMILES string of the molecule is CCc1ccc(-c2nn(-c3ccccc3)cc2C(=O)NC2CCNCC2)cc1.Cl. The summed E-state index contributed by atoms with van der Waals surface area (Å²) in [5.74, 6) is -0.0522. The number of nitrogens with one attached hydrogen (secondary N) is 2. The first-order valence-corrected chi connectivity index (χ1v) is 10.0. The molecule has 0 spiro atoms. The van der Waals surface area contributed by atoms with E-state index in [0.717, 1.165) is 49.3 Å². The van der Waals surface area contributed by atoms with Crippen molar-refractivity contribution in [3.8, 4) is 16.9 Å². The van der Waals surface area contributed by atoms with Crippen LogP contribution in [0.4, 0.5) is 0 Å². The Morgan fingerprint density at radius 2 is 1.79 bits per heavy atom. The summed E-state index contributed by atoms with van der Waals surface area (Å²) in [5, 5.41) is 11.3. The third-order valence-corrected chi connectivity index (χ3v) is 5.29. The van der Waals surface area contributed by atoms with Gasteiger partial charge >= 0.3 is 0 Å². The minimum atomic E-state index is -0.0522. The quantitative estimate of drug-likeness (QED) is 0.668. The maximum Gasteiger partial charge on any atom is 0.255 e. The van der Waals surface area contributed by atoms with Gasteiger partial charge in [0.2, 0.25) is 0 Å². The van der Waals surface area contributed by atoms with Gasteiger partial charge < -0.3 is 10.6 Å². The average Bonchev–Trinajstić information content (AvgIpc) is 3.21. The van der Waals surface area contributed by atoms with Gasteiger partial charge in [0.1, 0.15) is 5.69 Å². The van der Waals surface area contributed by atoms with Crippen molar-refractivity contribution >= 4 is 18.3 Å². The average molecular weight is 411 g/mol. The first-order valence-electron chi connectivity index (χ1n) is 10.0. The molecule has 1 amide bonds. The minimum absolute atomic E-state index is 0. The van der Waals surface area contributed by atoms with Crippen molar-refractivity contribution in [3.05, 3.63) is 71.9 Å². The highest BCUT2D eigenvalue weighted by atomic mass is 35.5. The van der Waals surface area contributed by atoms with Crippen molar-refractivity contribution in [2.24, 2.45) is 0 Å². The van der Waals surface area contributed by atoms with E-state index in [1.165, 1.54) is 5.56 Å². The summed E-state index contributed by atoms with van der Waals surface area (Å²) < 4.78 is 1.79. The molecule has 2 N–H and O–H groups in total. The van der Waals surface area contributed by atoms with E-state index in [1.54, 1.807) is 4.68 Å². The fourth-order valence-corrected chi connectivity index (χ4v) is 3.59. The normalized spacial score (nSPS) is 14.2. The van der Waals surface area contributed by atoms with E-state index < -0.39 is 0 Å². The number of benzene rings is 2. The topological polar surface area (TPSA) is 59.0 Å². The largest absolute Gasteiger partial charge is 0.349 e. The van der Waals surface area contributed by atoms with Crippen LogP contribution in [0.2, 0.25) is 0 Å². The van der Waals surface area contributed by atoms with Crippen LogP contribution in [0.3, 0.4) is 0 Å². The van der Waals surface area contributed by atoms with E-state index in [9.17, 15) is 4.79 Å². The molecule has 1 aromatic heterocycles. The second-order valence-electron chi connectivity index (χ2n) is 7.22. The molecule has 1 saturated heterocycles. The van der Waals surface area contributed by atoms with Gasteiger partial charge in [-0.3, -0.25) is 4.79 Å². The molecule has 0 aliphatic carbocycles. The van der Waals surface area contributed by atoms with Crippen LogP contribution in [0.1, 0.15) is 35.7 Å². The summed E-state index contributed by atoms with van der Waals surface area (Å²) in [7, 11) is 0. The smallest absolute Gasteiger partial charge is 0.255 e. The third kappa shape index (κ3) is 4.86. The van der Waals surface area contributed by atoms with E-state index in [4.69, 9.17) is 5.10 Å².